The molecule has 150 valence electrons. The molecule has 27 heavy (non-hydrogen) atoms. The normalized spacial score (nSPS) is 29.9. The lowest BCUT2D eigenvalue weighted by atomic mass is 9.84. The van der Waals surface area contributed by atoms with Gasteiger partial charge >= 0.3 is 16.4 Å². The van der Waals surface area contributed by atoms with E-state index in [1.807, 2.05) is 0 Å². The maximum absolute atomic E-state index is 12.5. The summed E-state index contributed by atoms with van der Waals surface area (Å²) < 4.78 is 35.3. The lowest BCUT2D eigenvalue weighted by molar-refractivity contribution is -0.0525. The molecule has 2 amide bonds. The van der Waals surface area contributed by atoms with Gasteiger partial charge in [-0.25, -0.2) is 4.79 Å². The van der Waals surface area contributed by atoms with Crippen LogP contribution in [0.15, 0.2) is 5.16 Å². The van der Waals surface area contributed by atoms with Gasteiger partial charge in [-0.05, 0) is 12.8 Å². The van der Waals surface area contributed by atoms with Crippen LogP contribution in [0.25, 0.3) is 0 Å². The fourth-order valence-corrected chi connectivity index (χ4v) is 4.72. The molecule has 2 atom stereocenters. The predicted molar refractivity (Wildman–Crippen MR) is 92.0 cm³/mol. The van der Waals surface area contributed by atoms with E-state index < -0.39 is 28.1 Å². The molecule has 0 aromatic heterocycles. The molecule has 4 aliphatic heterocycles. The van der Waals surface area contributed by atoms with Crippen LogP contribution in [0.5, 0.6) is 0 Å². The number of nitrogens with zero attached hydrogens (tertiary/aromatic N) is 4. The third-order valence-electron chi connectivity index (χ3n) is 5.76. The molecule has 0 aromatic rings. The molecule has 1 unspecified atom stereocenters. The van der Waals surface area contributed by atoms with Crippen LogP contribution in [0.2, 0.25) is 0 Å². The van der Waals surface area contributed by atoms with E-state index in [-0.39, 0.29) is 12.0 Å². The van der Waals surface area contributed by atoms with Crippen LogP contribution in [0.3, 0.4) is 0 Å². The van der Waals surface area contributed by atoms with Gasteiger partial charge in [0.2, 0.25) is 0 Å². The lowest BCUT2D eigenvalue weighted by Crippen LogP contribution is -2.50. The number of piperidine rings is 2. The van der Waals surface area contributed by atoms with E-state index in [2.05, 4.69) is 9.44 Å². The predicted octanol–water partition coefficient (Wildman–Crippen LogP) is -0.506. The highest BCUT2D eigenvalue weighted by Gasteiger charge is 2.52. The van der Waals surface area contributed by atoms with Gasteiger partial charge in [0.1, 0.15) is 5.60 Å². The SMILES string of the molecule is N=C(N)N1CCC2(CC1)CC([C@@H]1CCC3CN1C(=O)N3OS(=O)(=O)O)=NO2. The Labute approximate surface area is 156 Å². The molecule has 0 radical (unpaired) electrons. The van der Waals surface area contributed by atoms with Crippen LogP contribution in [0.1, 0.15) is 32.1 Å². The zero-order valence-corrected chi connectivity index (χ0v) is 15.4. The van der Waals surface area contributed by atoms with Crippen molar-refractivity contribution in [1.82, 2.24) is 14.9 Å². The van der Waals surface area contributed by atoms with E-state index in [9.17, 15) is 13.2 Å². The number of oxime groups is 1. The smallest absolute Gasteiger partial charge is 0.389 e. The van der Waals surface area contributed by atoms with Crippen molar-refractivity contribution >= 4 is 28.1 Å². The molecule has 3 saturated heterocycles. The number of guanidine groups is 1. The maximum Gasteiger partial charge on any atom is 0.418 e. The summed E-state index contributed by atoms with van der Waals surface area (Å²) in [6, 6.07) is -1.31. The number of carbonyl (C=O) groups excluding carboxylic acids is 1. The maximum atomic E-state index is 12.5. The number of carbonyl (C=O) groups is 1. The van der Waals surface area contributed by atoms with Gasteiger partial charge in [0.05, 0.1) is 17.8 Å². The highest BCUT2D eigenvalue weighted by atomic mass is 32.3. The van der Waals surface area contributed by atoms with Gasteiger partial charge in [0.25, 0.3) is 0 Å². The Balaban J connectivity index is 1.42. The molecule has 4 aliphatic rings. The topological polar surface area (TPSA) is 162 Å². The average molecular weight is 402 g/mol. The van der Waals surface area contributed by atoms with Crippen molar-refractivity contribution in [2.45, 2.75) is 49.8 Å². The van der Waals surface area contributed by atoms with E-state index in [4.69, 9.17) is 20.5 Å². The summed E-state index contributed by atoms with van der Waals surface area (Å²) in [5.74, 6) is 0.0453. The number of amides is 2. The number of nitrogens with two attached hydrogens (primary N) is 1. The largest absolute Gasteiger partial charge is 0.418 e. The van der Waals surface area contributed by atoms with Crippen LogP contribution in [-0.2, 0) is 19.5 Å². The monoisotopic (exact) mass is 402 g/mol. The number of nitrogens with one attached hydrogen (secondary N) is 1. The molecule has 4 rings (SSSR count). The molecule has 3 fully saturated rings. The van der Waals surface area contributed by atoms with E-state index in [1.54, 1.807) is 4.90 Å². The molecular weight excluding hydrogens is 380 g/mol. The summed E-state index contributed by atoms with van der Waals surface area (Å²) in [5, 5.41) is 12.5. The van der Waals surface area contributed by atoms with Gasteiger partial charge in [0, 0.05) is 38.9 Å². The van der Waals surface area contributed by atoms with Gasteiger partial charge in [-0.15, -0.1) is 4.28 Å². The second kappa shape index (κ2) is 6.21. The number of urea groups is 1. The number of likely N-dealkylation sites (tertiary alicyclic amines) is 1. The molecular formula is C14H22N6O6S. The Kier molecular flexibility index (Phi) is 4.20. The van der Waals surface area contributed by atoms with Crippen molar-refractivity contribution in [3.63, 3.8) is 0 Å². The first-order valence-corrected chi connectivity index (χ1v) is 10.1. The van der Waals surface area contributed by atoms with E-state index in [1.165, 1.54) is 4.90 Å². The van der Waals surface area contributed by atoms with Crippen molar-refractivity contribution in [2.24, 2.45) is 10.9 Å². The zero-order chi connectivity index (χ0) is 19.4. The molecule has 4 N–H and O–H groups in total. The highest BCUT2D eigenvalue weighted by molar-refractivity contribution is 7.80. The quantitative estimate of drug-likeness (QED) is 0.323. The minimum absolute atomic E-state index is 0.0453. The molecule has 12 nitrogen and oxygen atoms in total. The standard InChI is InChI=1S/C14H22N6O6S/c15-12(16)18-5-3-14(4-6-18)7-10(17-25-14)11-2-1-9-8-19(11)13(21)20(9)26-27(22,23)24/h9,11H,1-8H2,(H3,15,16)(H,22,23,24)/t9?,11-/m0/s1. The number of rotatable bonds is 3. The zero-order valence-electron chi connectivity index (χ0n) is 14.6. The molecule has 4 heterocycles. The van der Waals surface area contributed by atoms with Crippen LogP contribution >= 0.6 is 0 Å². The van der Waals surface area contributed by atoms with Gasteiger partial charge in [0.15, 0.2) is 5.96 Å². The van der Waals surface area contributed by atoms with Crippen molar-refractivity contribution < 1.29 is 26.9 Å². The Morgan fingerprint density at radius 1 is 1.37 bits per heavy atom. The minimum atomic E-state index is -4.76. The Hall–Kier alpha value is -2.12. The molecule has 0 aliphatic carbocycles. The Morgan fingerprint density at radius 3 is 2.70 bits per heavy atom. The van der Waals surface area contributed by atoms with Crippen molar-refractivity contribution in [1.29, 1.82) is 5.41 Å². The number of hydrogen-bond acceptors (Lipinski definition) is 7. The van der Waals surface area contributed by atoms with Gasteiger partial charge in [-0.1, -0.05) is 5.16 Å². The first kappa shape index (κ1) is 18.3. The average Bonchev–Trinajstić information content (AvgIpc) is 3.10. The number of hydrogen-bond donors (Lipinski definition) is 3. The fourth-order valence-electron chi connectivity index (χ4n) is 4.33. The summed E-state index contributed by atoms with van der Waals surface area (Å²) in [6.07, 6.45) is 3.09. The summed E-state index contributed by atoms with van der Waals surface area (Å²) in [5.41, 5.74) is 5.85. The van der Waals surface area contributed by atoms with Gasteiger partial charge < -0.3 is 20.4 Å². The van der Waals surface area contributed by atoms with E-state index >= 15 is 0 Å². The van der Waals surface area contributed by atoms with Crippen LogP contribution < -0.4 is 5.73 Å². The second-order valence-electron chi connectivity index (χ2n) is 7.42. The molecule has 1 spiro atoms. The van der Waals surface area contributed by atoms with Crippen LogP contribution in [-0.4, -0.2) is 82.9 Å². The first-order chi connectivity index (χ1) is 12.7. The first-order valence-electron chi connectivity index (χ1n) is 8.78. The minimum Gasteiger partial charge on any atom is -0.389 e. The second-order valence-corrected chi connectivity index (χ2v) is 8.42. The number of hydroxylamine groups is 2. The lowest BCUT2D eigenvalue weighted by Gasteiger charge is -2.37. The molecule has 0 aromatic carbocycles. The van der Waals surface area contributed by atoms with E-state index in [0.29, 0.717) is 51.7 Å². The van der Waals surface area contributed by atoms with Crippen molar-refractivity contribution in [2.75, 3.05) is 19.6 Å². The molecule has 0 saturated carbocycles. The van der Waals surface area contributed by atoms with Gasteiger partial charge in [-0.2, -0.15) is 13.5 Å². The fraction of sp³-hybridized carbons (Fsp3) is 0.786. The highest BCUT2D eigenvalue weighted by Crippen LogP contribution is 2.39. The summed E-state index contributed by atoms with van der Waals surface area (Å²) in [7, 11) is -4.76. The Bertz CT molecular complexity index is 792. The Morgan fingerprint density at radius 2 is 2.07 bits per heavy atom. The summed E-state index contributed by atoms with van der Waals surface area (Å²) in [6.45, 7) is 1.54. The van der Waals surface area contributed by atoms with Crippen molar-refractivity contribution in [3.05, 3.63) is 0 Å². The van der Waals surface area contributed by atoms with E-state index in [0.717, 1.165) is 10.8 Å². The summed E-state index contributed by atoms with van der Waals surface area (Å²) in [4.78, 5) is 21.6. The third kappa shape index (κ3) is 3.30. The molecule has 2 bridgehead atoms. The van der Waals surface area contributed by atoms with Crippen LogP contribution in [0, 0.1) is 5.41 Å². The van der Waals surface area contributed by atoms with Gasteiger partial charge in [-0.3, -0.25) is 9.96 Å². The van der Waals surface area contributed by atoms with Crippen LogP contribution in [0.4, 0.5) is 4.79 Å². The summed E-state index contributed by atoms with van der Waals surface area (Å²) >= 11 is 0. The number of fused-ring (bicyclic) bond motifs is 2. The molecule has 13 heteroatoms. The van der Waals surface area contributed by atoms with Crippen molar-refractivity contribution in [3.8, 4) is 0 Å². The third-order valence-corrected chi connectivity index (χ3v) is 6.11.